The Bertz CT molecular complexity index is 757. The van der Waals surface area contributed by atoms with Crippen LogP contribution in [0, 0.1) is 11.7 Å². The molecular formula is C21H27FN4O2. The zero-order chi connectivity index (χ0) is 19.9. The van der Waals surface area contributed by atoms with Crippen molar-refractivity contribution in [3.8, 4) is 5.75 Å². The number of nitrogens with one attached hydrogen (secondary N) is 1. The van der Waals surface area contributed by atoms with Crippen molar-refractivity contribution in [1.29, 1.82) is 0 Å². The van der Waals surface area contributed by atoms with Gasteiger partial charge in [0.05, 0.1) is 12.4 Å². The van der Waals surface area contributed by atoms with Gasteiger partial charge in [-0.2, -0.15) is 0 Å². The second-order valence-electron chi connectivity index (χ2n) is 7.45. The van der Waals surface area contributed by atoms with Crippen LogP contribution in [-0.2, 0) is 4.79 Å². The van der Waals surface area contributed by atoms with Crippen LogP contribution in [0.25, 0.3) is 0 Å². The summed E-state index contributed by atoms with van der Waals surface area (Å²) in [6.07, 6.45) is 4.23. The van der Waals surface area contributed by atoms with E-state index >= 15 is 0 Å². The van der Waals surface area contributed by atoms with E-state index in [2.05, 4.69) is 29.1 Å². The zero-order valence-electron chi connectivity index (χ0n) is 16.4. The van der Waals surface area contributed by atoms with Crippen LogP contribution >= 0.6 is 0 Å². The number of hydrogen-bond donors (Lipinski definition) is 1. The summed E-state index contributed by atoms with van der Waals surface area (Å²) in [7, 11) is 0. The minimum absolute atomic E-state index is 0.0172. The Labute approximate surface area is 165 Å². The molecule has 1 aliphatic heterocycles. The first-order valence-electron chi connectivity index (χ1n) is 9.73. The van der Waals surface area contributed by atoms with Crippen LogP contribution in [0.2, 0.25) is 0 Å². The number of amides is 1. The van der Waals surface area contributed by atoms with Gasteiger partial charge >= 0.3 is 0 Å². The minimum atomic E-state index is -0.431. The Kier molecular flexibility index (Phi) is 6.79. The monoisotopic (exact) mass is 386 g/mol. The first-order valence-corrected chi connectivity index (χ1v) is 9.73. The van der Waals surface area contributed by atoms with Crippen LogP contribution in [0.3, 0.4) is 0 Å². The molecule has 150 valence electrons. The summed E-state index contributed by atoms with van der Waals surface area (Å²) in [5, 5.41) is 2.95. The number of carbonyl (C=O) groups excluding carboxylic acids is 1. The van der Waals surface area contributed by atoms with Crippen molar-refractivity contribution in [2.24, 2.45) is 5.92 Å². The van der Waals surface area contributed by atoms with Crippen molar-refractivity contribution < 1.29 is 13.9 Å². The number of aromatic nitrogens is 2. The van der Waals surface area contributed by atoms with E-state index in [-0.39, 0.29) is 12.5 Å². The van der Waals surface area contributed by atoms with Crippen molar-refractivity contribution in [3.05, 3.63) is 48.0 Å². The van der Waals surface area contributed by atoms with E-state index in [1.54, 1.807) is 0 Å². The van der Waals surface area contributed by atoms with Gasteiger partial charge in [-0.1, -0.05) is 26.0 Å². The van der Waals surface area contributed by atoms with Crippen molar-refractivity contribution in [3.63, 3.8) is 0 Å². The van der Waals surface area contributed by atoms with Crippen molar-refractivity contribution in [2.45, 2.75) is 32.6 Å². The molecule has 2 aromatic rings. The maximum absolute atomic E-state index is 12.9. The van der Waals surface area contributed by atoms with Gasteiger partial charge in [-0.3, -0.25) is 4.79 Å². The summed E-state index contributed by atoms with van der Waals surface area (Å²) in [6, 6.07) is 7.85. The molecule has 1 aliphatic rings. The third kappa shape index (κ3) is 5.65. The number of carbonyl (C=O) groups is 1. The Hall–Kier alpha value is -2.70. The molecule has 0 unspecified atom stereocenters. The fourth-order valence-corrected chi connectivity index (χ4v) is 3.21. The number of ether oxygens (including phenoxy) is 1. The predicted molar refractivity (Wildman–Crippen MR) is 106 cm³/mol. The standard InChI is InChI=1S/C21H27FN4O2/c1-15(2)17-3-5-19(6-4-17)28-14-20(27)23-11-16-7-9-26(10-8-16)21-24-12-18(22)13-25-21/h3-6,12-13,15-16H,7-11,14H2,1-2H3,(H,23,27). The summed E-state index contributed by atoms with van der Waals surface area (Å²) in [5.74, 6) is 1.59. The van der Waals surface area contributed by atoms with E-state index in [1.807, 2.05) is 29.2 Å². The van der Waals surface area contributed by atoms with E-state index in [0.29, 0.717) is 30.1 Å². The number of anilines is 1. The number of nitrogens with zero attached hydrogens (tertiary/aromatic N) is 3. The van der Waals surface area contributed by atoms with Gasteiger partial charge in [0.25, 0.3) is 5.91 Å². The molecule has 1 saturated heterocycles. The number of hydrogen-bond acceptors (Lipinski definition) is 5. The van der Waals surface area contributed by atoms with E-state index in [0.717, 1.165) is 25.9 Å². The molecule has 0 aliphatic carbocycles. The highest BCUT2D eigenvalue weighted by Gasteiger charge is 2.21. The van der Waals surface area contributed by atoms with Gasteiger partial charge in [-0.05, 0) is 42.4 Å². The molecule has 1 aromatic heterocycles. The van der Waals surface area contributed by atoms with Crippen LogP contribution in [-0.4, -0.2) is 42.1 Å². The van der Waals surface area contributed by atoms with E-state index in [1.165, 1.54) is 18.0 Å². The van der Waals surface area contributed by atoms with Crippen LogP contribution in [0.5, 0.6) is 5.75 Å². The highest BCUT2D eigenvalue weighted by molar-refractivity contribution is 5.77. The van der Waals surface area contributed by atoms with E-state index in [9.17, 15) is 9.18 Å². The lowest BCUT2D eigenvalue weighted by Gasteiger charge is -2.31. The molecule has 1 amide bonds. The first kappa shape index (κ1) is 20.0. The molecule has 3 rings (SSSR count). The highest BCUT2D eigenvalue weighted by atomic mass is 19.1. The van der Waals surface area contributed by atoms with Gasteiger partial charge in [0.15, 0.2) is 12.4 Å². The number of halogens is 1. The molecule has 0 atom stereocenters. The van der Waals surface area contributed by atoms with Crippen LogP contribution in [0.4, 0.5) is 10.3 Å². The van der Waals surface area contributed by atoms with Gasteiger partial charge in [0.2, 0.25) is 5.95 Å². The van der Waals surface area contributed by atoms with E-state index in [4.69, 9.17) is 4.74 Å². The SMILES string of the molecule is CC(C)c1ccc(OCC(=O)NCC2CCN(c3ncc(F)cn3)CC2)cc1. The lowest BCUT2D eigenvalue weighted by Crippen LogP contribution is -2.40. The summed E-state index contributed by atoms with van der Waals surface area (Å²) in [4.78, 5) is 22.1. The Morgan fingerprint density at radius 3 is 2.46 bits per heavy atom. The quantitative estimate of drug-likeness (QED) is 0.792. The fraction of sp³-hybridized carbons (Fsp3) is 0.476. The van der Waals surface area contributed by atoms with Gasteiger partial charge in [-0.25, -0.2) is 14.4 Å². The second kappa shape index (κ2) is 9.48. The van der Waals surface area contributed by atoms with Crippen LogP contribution in [0.15, 0.2) is 36.7 Å². The zero-order valence-corrected chi connectivity index (χ0v) is 16.4. The van der Waals surface area contributed by atoms with Crippen molar-refractivity contribution in [1.82, 2.24) is 15.3 Å². The number of rotatable bonds is 7. The molecular weight excluding hydrogens is 359 g/mol. The molecule has 0 bridgehead atoms. The van der Waals surface area contributed by atoms with E-state index < -0.39 is 5.82 Å². The maximum Gasteiger partial charge on any atom is 0.257 e. The molecule has 2 heterocycles. The molecule has 1 fully saturated rings. The maximum atomic E-state index is 12.9. The average Bonchev–Trinajstić information content (AvgIpc) is 2.72. The summed E-state index contributed by atoms with van der Waals surface area (Å²) in [5.41, 5.74) is 1.24. The van der Waals surface area contributed by atoms with Gasteiger partial charge in [-0.15, -0.1) is 0 Å². The normalized spacial score (nSPS) is 14.9. The third-order valence-corrected chi connectivity index (χ3v) is 5.01. The molecule has 6 nitrogen and oxygen atoms in total. The largest absolute Gasteiger partial charge is 0.484 e. The molecule has 0 radical (unpaired) electrons. The minimum Gasteiger partial charge on any atom is -0.484 e. The Balaban J connectivity index is 1.35. The summed E-state index contributed by atoms with van der Waals surface area (Å²) >= 11 is 0. The smallest absolute Gasteiger partial charge is 0.257 e. The fourth-order valence-electron chi connectivity index (χ4n) is 3.21. The lowest BCUT2D eigenvalue weighted by molar-refractivity contribution is -0.123. The molecule has 0 saturated carbocycles. The average molecular weight is 386 g/mol. The third-order valence-electron chi connectivity index (χ3n) is 5.01. The summed E-state index contributed by atoms with van der Waals surface area (Å²) < 4.78 is 18.5. The van der Waals surface area contributed by atoms with Crippen LogP contribution < -0.4 is 15.0 Å². The Morgan fingerprint density at radius 1 is 1.21 bits per heavy atom. The topological polar surface area (TPSA) is 67.3 Å². The van der Waals surface area contributed by atoms with Crippen LogP contribution in [0.1, 0.15) is 38.2 Å². The van der Waals surface area contributed by atoms with Crippen molar-refractivity contribution >= 4 is 11.9 Å². The molecule has 28 heavy (non-hydrogen) atoms. The lowest BCUT2D eigenvalue weighted by atomic mass is 9.97. The molecule has 0 spiro atoms. The molecule has 7 heteroatoms. The number of piperidine rings is 1. The van der Waals surface area contributed by atoms with Gasteiger partial charge in [0, 0.05) is 19.6 Å². The first-order chi connectivity index (χ1) is 13.5. The summed E-state index contributed by atoms with van der Waals surface area (Å²) in [6.45, 7) is 6.52. The highest BCUT2D eigenvalue weighted by Crippen LogP contribution is 2.20. The number of benzene rings is 1. The Morgan fingerprint density at radius 2 is 1.86 bits per heavy atom. The molecule has 1 N–H and O–H groups in total. The molecule has 1 aromatic carbocycles. The van der Waals surface area contributed by atoms with Gasteiger partial charge < -0.3 is 15.0 Å². The second-order valence-corrected chi connectivity index (χ2v) is 7.45. The van der Waals surface area contributed by atoms with Gasteiger partial charge in [0.1, 0.15) is 5.75 Å². The van der Waals surface area contributed by atoms with Crippen molar-refractivity contribution in [2.75, 3.05) is 31.1 Å². The predicted octanol–water partition coefficient (Wildman–Crippen LogP) is 3.15.